The Morgan fingerprint density at radius 1 is 1.40 bits per heavy atom. The molecule has 0 aromatic heterocycles. The number of thiocarbonyl (C=S) groups is 1. The van der Waals surface area contributed by atoms with Crippen LogP contribution in [0.15, 0.2) is 23.1 Å². The van der Waals surface area contributed by atoms with Crippen LogP contribution in [0, 0.1) is 6.92 Å². The Kier molecular flexibility index (Phi) is 5.11. The van der Waals surface area contributed by atoms with Crippen molar-refractivity contribution in [1.29, 1.82) is 0 Å². The van der Waals surface area contributed by atoms with E-state index in [1.807, 2.05) is 4.72 Å². The van der Waals surface area contributed by atoms with E-state index in [0.29, 0.717) is 11.1 Å². The molecule has 1 rings (SSSR count). The summed E-state index contributed by atoms with van der Waals surface area (Å²) in [6, 6.07) is 3.98. The summed E-state index contributed by atoms with van der Waals surface area (Å²) in [5, 5.41) is 0. The predicted octanol–water partition coefficient (Wildman–Crippen LogP) is 1.86. The van der Waals surface area contributed by atoms with E-state index in [1.54, 1.807) is 6.92 Å². The lowest BCUT2D eigenvalue weighted by Crippen LogP contribution is -2.28. The maximum atomic E-state index is 12.0. The fourth-order valence-corrected chi connectivity index (χ4v) is 2.84. The Labute approximate surface area is 120 Å². The zero-order valence-electron chi connectivity index (χ0n) is 10.5. The molecule has 0 heterocycles. The van der Waals surface area contributed by atoms with Gasteiger partial charge in [0.05, 0.1) is 11.3 Å². The molecule has 1 aromatic carbocycles. The highest BCUT2D eigenvalue weighted by Crippen LogP contribution is 2.19. The van der Waals surface area contributed by atoms with E-state index in [0.717, 1.165) is 0 Å². The van der Waals surface area contributed by atoms with E-state index < -0.39 is 29.2 Å². The summed E-state index contributed by atoms with van der Waals surface area (Å²) in [6.07, 6.45) is -5.63. The quantitative estimate of drug-likeness (QED) is 0.810. The molecule has 0 unspecified atom stereocenters. The third kappa shape index (κ3) is 4.73. The zero-order chi connectivity index (χ0) is 15.6. The van der Waals surface area contributed by atoms with Crippen LogP contribution in [0.25, 0.3) is 0 Å². The van der Waals surface area contributed by atoms with Gasteiger partial charge in [0.15, 0.2) is 0 Å². The molecule has 1 aromatic rings. The normalized spacial score (nSPS) is 12.4. The average molecular weight is 326 g/mol. The van der Waals surface area contributed by atoms with E-state index >= 15 is 0 Å². The first-order chi connectivity index (χ1) is 9.03. The maximum absolute atomic E-state index is 12.0. The number of hydrogen-bond acceptors (Lipinski definition) is 3. The molecule has 0 radical (unpaired) electrons. The number of hydrogen-bond donors (Lipinski definition) is 2. The number of aryl methyl sites for hydroxylation is 1. The van der Waals surface area contributed by atoms with Crippen LogP contribution in [-0.4, -0.2) is 26.1 Å². The minimum atomic E-state index is -4.41. The number of nitrogens with one attached hydrogen (secondary N) is 1. The molecule has 0 spiro atoms. The van der Waals surface area contributed by atoms with Gasteiger partial charge in [-0.3, -0.25) is 0 Å². The van der Waals surface area contributed by atoms with Crippen molar-refractivity contribution in [1.82, 2.24) is 4.72 Å². The van der Waals surface area contributed by atoms with Gasteiger partial charge in [0.1, 0.15) is 4.99 Å². The highest BCUT2D eigenvalue weighted by Gasteiger charge is 2.27. The van der Waals surface area contributed by atoms with Crippen molar-refractivity contribution >= 4 is 27.2 Å². The summed E-state index contributed by atoms with van der Waals surface area (Å²) < 4.78 is 61.4. The highest BCUT2D eigenvalue weighted by atomic mass is 32.2. The Morgan fingerprint density at radius 3 is 2.45 bits per heavy atom. The Balaban J connectivity index is 2.88. The highest BCUT2D eigenvalue weighted by molar-refractivity contribution is 7.89. The van der Waals surface area contributed by atoms with Gasteiger partial charge in [-0.05, 0) is 24.6 Å². The first-order valence-electron chi connectivity index (χ1n) is 5.50. The molecule has 3 N–H and O–H groups in total. The zero-order valence-corrected chi connectivity index (χ0v) is 12.1. The summed E-state index contributed by atoms with van der Waals surface area (Å²) in [7, 11) is -3.98. The second-order valence-corrected chi connectivity index (χ2v) is 6.31. The lowest BCUT2D eigenvalue weighted by Gasteiger charge is -2.10. The number of rotatable bonds is 5. The molecule has 20 heavy (non-hydrogen) atoms. The first kappa shape index (κ1) is 16.9. The molecule has 4 nitrogen and oxygen atoms in total. The van der Waals surface area contributed by atoms with Crippen LogP contribution in [0.3, 0.4) is 0 Å². The van der Waals surface area contributed by atoms with Crippen molar-refractivity contribution in [2.75, 3.05) is 6.54 Å². The van der Waals surface area contributed by atoms with E-state index in [-0.39, 0.29) is 9.88 Å². The standard InChI is InChI=1S/C11H13F3N2O2S2/c1-7-6-8(2-3-9(7)10(15)19)20(17,18)16-5-4-11(12,13)14/h2-3,6,16H,4-5H2,1H3,(H2,15,19). The minimum Gasteiger partial charge on any atom is -0.389 e. The molecule has 0 saturated carbocycles. The second kappa shape index (κ2) is 6.06. The van der Waals surface area contributed by atoms with Crippen LogP contribution in [0.1, 0.15) is 17.5 Å². The Morgan fingerprint density at radius 2 is 2.00 bits per heavy atom. The molecule has 0 atom stereocenters. The summed E-state index contributed by atoms with van der Waals surface area (Å²) >= 11 is 4.78. The van der Waals surface area contributed by atoms with Crippen LogP contribution < -0.4 is 10.5 Å². The van der Waals surface area contributed by atoms with E-state index in [4.69, 9.17) is 18.0 Å². The molecule has 9 heteroatoms. The molecule has 0 aliphatic carbocycles. The third-order valence-electron chi connectivity index (χ3n) is 2.47. The summed E-state index contributed by atoms with van der Waals surface area (Å²) in [5.41, 5.74) is 6.50. The Bertz CT molecular complexity index is 613. The molecule has 0 amide bonds. The Hall–Kier alpha value is -1.19. The summed E-state index contributed by atoms with van der Waals surface area (Å²) in [4.78, 5) is -0.00588. The van der Waals surface area contributed by atoms with Crippen LogP contribution in [0.4, 0.5) is 13.2 Å². The summed E-state index contributed by atoms with van der Waals surface area (Å²) in [5.74, 6) is 0. The summed E-state index contributed by atoms with van der Waals surface area (Å²) in [6.45, 7) is 0.908. The van der Waals surface area contributed by atoms with E-state index in [2.05, 4.69) is 0 Å². The lowest BCUT2D eigenvalue weighted by atomic mass is 10.1. The monoisotopic (exact) mass is 326 g/mol. The van der Waals surface area contributed by atoms with Crippen molar-refractivity contribution in [2.45, 2.75) is 24.4 Å². The van der Waals surface area contributed by atoms with Crippen molar-refractivity contribution in [3.63, 3.8) is 0 Å². The van der Waals surface area contributed by atoms with Crippen LogP contribution >= 0.6 is 12.2 Å². The van der Waals surface area contributed by atoms with Crippen molar-refractivity contribution in [3.8, 4) is 0 Å². The largest absolute Gasteiger partial charge is 0.390 e. The molecular weight excluding hydrogens is 313 g/mol. The van der Waals surface area contributed by atoms with Crippen LogP contribution in [0.2, 0.25) is 0 Å². The van der Waals surface area contributed by atoms with Gasteiger partial charge in [-0.2, -0.15) is 13.2 Å². The fourth-order valence-electron chi connectivity index (χ4n) is 1.49. The van der Waals surface area contributed by atoms with Gasteiger partial charge >= 0.3 is 6.18 Å². The SMILES string of the molecule is Cc1cc(S(=O)(=O)NCCC(F)(F)F)ccc1C(N)=S. The van der Waals surface area contributed by atoms with Gasteiger partial charge in [-0.1, -0.05) is 18.3 Å². The molecule has 0 bridgehead atoms. The predicted molar refractivity (Wildman–Crippen MR) is 72.9 cm³/mol. The van der Waals surface area contributed by atoms with Gasteiger partial charge in [0, 0.05) is 12.1 Å². The average Bonchev–Trinajstić information content (AvgIpc) is 2.26. The lowest BCUT2D eigenvalue weighted by molar-refractivity contribution is -0.132. The van der Waals surface area contributed by atoms with Gasteiger partial charge in [-0.15, -0.1) is 0 Å². The molecule has 0 aliphatic rings. The van der Waals surface area contributed by atoms with Crippen LogP contribution in [-0.2, 0) is 10.0 Å². The number of halogens is 3. The van der Waals surface area contributed by atoms with E-state index in [9.17, 15) is 21.6 Å². The third-order valence-corrected chi connectivity index (χ3v) is 4.15. The molecule has 0 aliphatic heterocycles. The molecule has 112 valence electrons. The fraction of sp³-hybridized carbons (Fsp3) is 0.364. The van der Waals surface area contributed by atoms with Crippen LogP contribution in [0.5, 0.6) is 0 Å². The maximum Gasteiger partial charge on any atom is 0.390 e. The molecule has 0 fully saturated rings. The topological polar surface area (TPSA) is 72.2 Å². The van der Waals surface area contributed by atoms with Crippen molar-refractivity contribution < 1.29 is 21.6 Å². The first-order valence-corrected chi connectivity index (χ1v) is 7.39. The molecule has 0 saturated heterocycles. The van der Waals surface area contributed by atoms with Gasteiger partial charge in [0.25, 0.3) is 0 Å². The van der Waals surface area contributed by atoms with Crippen molar-refractivity contribution in [2.24, 2.45) is 5.73 Å². The number of sulfonamides is 1. The second-order valence-electron chi connectivity index (χ2n) is 4.10. The van der Waals surface area contributed by atoms with Gasteiger partial charge in [-0.25, -0.2) is 13.1 Å². The van der Waals surface area contributed by atoms with Crippen molar-refractivity contribution in [3.05, 3.63) is 29.3 Å². The van der Waals surface area contributed by atoms with E-state index in [1.165, 1.54) is 18.2 Å². The van der Waals surface area contributed by atoms with Gasteiger partial charge in [0.2, 0.25) is 10.0 Å². The molecular formula is C11H13F3N2O2S2. The van der Waals surface area contributed by atoms with Gasteiger partial charge < -0.3 is 5.73 Å². The number of nitrogens with two attached hydrogens (primary N) is 1. The number of benzene rings is 1. The smallest absolute Gasteiger partial charge is 0.389 e. The minimum absolute atomic E-state index is 0.122. The number of alkyl halides is 3.